The molecule has 200 valence electrons. The van der Waals surface area contributed by atoms with Gasteiger partial charge in [0.05, 0.1) is 0 Å². The molecule has 1 atom stereocenters. The number of hydrogen-bond acceptors (Lipinski definition) is 1. The summed E-state index contributed by atoms with van der Waals surface area (Å²) in [6.07, 6.45) is 14.6. The highest BCUT2D eigenvalue weighted by Crippen LogP contribution is 2.36. The van der Waals surface area contributed by atoms with Gasteiger partial charge >= 0.3 is 0 Å². The summed E-state index contributed by atoms with van der Waals surface area (Å²) in [6, 6.07) is 15.3. The lowest BCUT2D eigenvalue weighted by Crippen LogP contribution is -2.06. The molecule has 0 aliphatic heterocycles. The van der Waals surface area contributed by atoms with Crippen LogP contribution in [0, 0.1) is 23.4 Å². The standard InChI is InChI=1S/C34H37F3O/c1-3-5-6-7-8-9-24-10-12-26(13-11-24)29-19-18-28(23-31(29)35)25-14-16-27(17-15-25)30-20-21-32(38-22-4-2)34(37)33(30)36/h4,12,14-21,23-24H,2-3,5-11,13,22H2,1H3. The Bertz CT molecular complexity index is 1260. The number of ether oxygens (including phenoxy) is 1. The third-order valence-electron chi connectivity index (χ3n) is 7.48. The number of unbranched alkanes of at least 4 members (excludes halogenated alkanes) is 4. The quantitative estimate of drug-likeness (QED) is 0.171. The first kappa shape index (κ1) is 27.8. The van der Waals surface area contributed by atoms with Crippen molar-refractivity contribution in [2.45, 2.75) is 64.7 Å². The van der Waals surface area contributed by atoms with Gasteiger partial charge in [0.25, 0.3) is 0 Å². The number of hydrogen-bond donors (Lipinski definition) is 0. The Morgan fingerprint density at radius 3 is 2.24 bits per heavy atom. The van der Waals surface area contributed by atoms with E-state index in [0.717, 1.165) is 41.9 Å². The van der Waals surface area contributed by atoms with Crippen molar-refractivity contribution in [3.05, 3.63) is 96.3 Å². The third kappa shape index (κ3) is 6.78. The third-order valence-corrected chi connectivity index (χ3v) is 7.48. The van der Waals surface area contributed by atoms with Crippen molar-refractivity contribution in [1.29, 1.82) is 0 Å². The molecule has 4 rings (SSSR count). The Hall–Kier alpha value is -3.27. The maximum absolute atomic E-state index is 15.2. The van der Waals surface area contributed by atoms with Crippen LogP contribution in [0.25, 0.3) is 27.8 Å². The summed E-state index contributed by atoms with van der Waals surface area (Å²) >= 11 is 0. The summed E-state index contributed by atoms with van der Waals surface area (Å²) < 4.78 is 49.4. The van der Waals surface area contributed by atoms with E-state index in [1.807, 2.05) is 12.1 Å². The molecule has 4 heteroatoms. The van der Waals surface area contributed by atoms with E-state index in [9.17, 15) is 8.78 Å². The minimum atomic E-state index is -1.03. The van der Waals surface area contributed by atoms with E-state index >= 15 is 4.39 Å². The zero-order valence-corrected chi connectivity index (χ0v) is 22.2. The lowest BCUT2D eigenvalue weighted by atomic mass is 9.83. The molecule has 0 radical (unpaired) electrons. The van der Waals surface area contributed by atoms with Crippen LogP contribution in [0.1, 0.15) is 70.3 Å². The lowest BCUT2D eigenvalue weighted by molar-refractivity contribution is 0.333. The largest absolute Gasteiger partial charge is 0.486 e. The molecule has 1 aliphatic rings. The van der Waals surface area contributed by atoms with E-state index in [4.69, 9.17) is 4.74 Å². The summed E-state index contributed by atoms with van der Waals surface area (Å²) in [5.74, 6) is -1.64. The summed E-state index contributed by atoms with van der Waals surface area (Å²) in [5.41, 5.74) is 4.02. The Labute approximate surface area is 225 Å². The molecular weight excluding hydrogens is 481 g/mol. The predicted molar refractivity (Wildman–Crippen MR) is 152 cm³/mol. The molecule has 0 saturated heterocycles. The van der Waals surface area contributed by atoms with Crippen LogP contribution in [0.3, 0.4) is 0 Å². The molecule has 38 heavy (non-hydrogen) atoms. The van der Waals surface area contributed by atoms with Gasteiger partial charge in [0.2, 0.25) is 5.82 Å². The smallest absolute Gasteiger partial charge is 0.201 e. The minimum Gasteiger partial charge on any atom is -0.486 e. The summed E-state index contributed by atoms with van der Waals surface area (Å²) in [4.78, 5) is 0. The molecule has 0 saturated carbocycles. The first-order valence-electron chi connectivity index (χ1n) is 13.8. The van der Waals surface area contributed by atoms with Gasteiger partial charge in [0, 0.05) is 11.1 Å². The second-order valence-corrected chi connectivity index (χ2v) is 10.2. The first-order valence-corrected chi connectivity index (χ1v) is 13.8. The van der Waals surface area contributed by atoms with Gasteiger partial charge in [-0.05, 0) is 65.6 Å². The van der Waals surface area contributed by atoms with Crippen molar-refractivity contribution in [3.8, 4) is 28.0 Å². The fraction of sp³-hybridized carbons (Fsp3) is 0.353. The average molecular weight is 519 g/mol. The molecular formula is C34H37F3O. The molecule has 0 N–H and O–H groups in total. The highest BCUT2D eigenvalue weighted by molar-refractivity contribution is 5.74. The fourth-order valence-corrected chi connectivity index (χ4v) is 5.24. The van der Waals surface area contributed by atoms with Gasteiger partial charge in [0.15, 0.2) is 11.6 Å². The van der Waals surface area contributed by atoms with Gasteiger partial charge in [-0.15, -0.1) is 0 Å². The molecule has 0 aromatic heterocycles. The van der Waals surface area contributed by atoms with Crippen molar-refractivity contribution >= 4 is 5.57 Å². The monoisotopic (exact) mass is 518 g/mol. The van der Waals surface area contributed by atoms with Crippen molar-refractivity contribution in [3.63, 3.8) is 0 Å². The Morgan fingerprint density at radius 1 is 0.842 bits per heavy atom. The van der Waals surface area contributed by atoms with E-state index < -0.39 is 11.6 Å². The number of allylic oxidation sites excluding steroid dienone is 2. The SMILES string of the molecule is C=CCOc1ccc(-c2ccc(-c3ccc(C4=CCC(CCCCCCC)CC4)c(F)c3)cc2)c(F)c1F. The molecule has 1 nitrogen and oxygen atoms in total. The van der Waals surface area contributed by atoms with Crippen LogP contribution >= 0.6 is 0 Å². The van der Waals surface area contributed by atoms with Crippen molar-refractivity contribution in [2.75, 3.05) is 6.61 Å². The van der Waals surface area contributed by atoms with Crippen LogP contribution < -0.4 is 4.74 Å². The van der Waals surface area contributed by atoms with Crippen LogP contribution in [0.15, 0.2) is 73.3 Å². The number of rotatable bonds is 12. The van der Waals surface area contributed by atoms with Gasteiger partial charge in [-0.1, -0.05) is 101 Å². The molecule has 0 amide bonds. The summed E-state index contributed by atoms with van der Waals surface area (Å²) in [5, 5.41) is 0. The molecule has 0 fully saturated rings. The molecule has 3 aromatic rings. The van der Waals surface area contributed by atoms with Crippen LogP contribution in [0.5, 0.6) is 5.75 Å². The molecule has 1 aliphatic carbocycles. The number of halogens is 3. The molecule has 0 heterocycles. The molecule has 0 spiro atoms. The van der Waals surface area contributed by atoms with E-state index in [1.54, 1.807) is 30.3 Å². The van der Waals surface area contributed by atoms with Crippen LogP contribution in [-0.2, 0) is 0 Å². The molecule has 3 aromatic carbocycles. The Balaban J connectivity index is 1.42. The lowest BCUT2D eigenvalue weighted by Gasteiger charge is -2.22. The maximum atomic E-state index is 15.2. The fourth-order valence-electron chi connectivity index (χ4n) is 5.24. The van der Waals surface area contributed by atoms with E-state index in [-0.39, 0.29) is 23.7 Å². The summed E-state index contributed by atoms with van der Waals surface area (Å²) in [7, 11) is 0. The van der Waals surface area contributed by atoms with E-state index in [1.165, 1.54) is 56.7 Å². The average Bonchev–Trinajstić information content (AvgIpc) is 2.94. The second kappa shape index (κ2) is 13.5. The highest BCUT2D eigenvalue weighted by Gasteiger charge is 2.18. The zero-order chi connectivity index (χ0) is 26.9. The Morgan fingerprint density at radius 2 is 1.55 bits per heavy atom. The minimum absolute atomic E-state index is 0.0940. The van der Waals surface area contributed by atoms with Crippen LogP contribution in [0.2, 0.25) is 0 Å². The predicted octanol–water partition coefficient (Wildman–Crippen LogP) is 10.5. The maximum Gasteiger partial charge on any atom is 0.201 e. The van der Waals surface area contributed by atoms with Gasteiger partial charge in [-0.2, -0.15) is 4.39 Å². The first-order chi connectivity index (χ1) is 18.5. The second-order valence-electron chi connectivity index (χ2n) is 10.2. The van der Waals surface area contributed by atoms with E-state index in [2.05, 4.69) is 19.6 Å². The van der Waals surface area contributed by atoms with Crippen molar-refractivity contribution in [2.24, 2.45) is 5.92 Å². The van der Waals surface area contributed by atoms with Gasteiger partial charge in [0.1, 0.15) is 12.4 Å². The van der Waals surface area contributed by atoms with Gasteiger partial charge < -0.3 is 4.74 Å². The van der Waals surface area contributed by atoms with Gasteiger partial charge in [-0.3, -0.25) is 0 Å². The number of benzene rings is 3. The van der Waals surface area contributed by atoms with Gasteiger partial charge in [-0.25, -0.2) is 8.78 Å². The van der Waals surface area contributed by atoms with Crippen LogP contribution in [-0.4, -0.2) is 6.61 Å². The highest BCUT2D eigenvalue weighted by atomic mass is 19.2. The van der Waals surface area contributed by atoms with Crippen molar-refractivity contribution < 1.29 is 17.9 Å². The normalized spacial score (nSPS) is 15.3. The molecule has 0 bridgehead atoms. The Kier molecular flexibility index (Phi) is 9.86. The summed E-state index contributed by atoms with van der Waals surface area (Å²) in [6.45, 7) is 5.84. The molecule has 1 unspecified atom stereocenters. The van der Waals surface area contributed by atoms with Crippen molar-refractivity contribution in [1.82, 2.24) is 0 Å². The van der Waals surface area contributed by atoms with E-state index in [0.29, 0.717) is 11.1 Å². The van der Waals surface area contributed by atoms with Crippen LogP contribution in [0.4, 0.5) is 13.2 Å². The zero-order valence-electron chi connectivity index (χ0n) is 22.2. The topological polar surface area (TPSA) is 9.23 Å².